The highest BCUT2D eigenvalue weighted by Crippen LogP contribution is 2.22. The molecule has 1 aromatic heterocycles. The van der Waals surface area contributed by atoms with Crippen LogP contribution in [0.15, 0.2) is 36.5 Å². The molecule has 15 heavy (non-hydrogen) atoms. The molecule has 2 rings (SSSR count). The quantitative estimate of drug-likeness (QED) is 0.827. The van der Waals surface area contributed by atoms with Gasteiger partial charge in [-0.3, -0.25) is 4.98 Å². The molecule has 0 radical (unpaired) electrons. The highest BCUT2D eigenvalue weighted by atomic mass is 16.5. The van der Waals surface area contributed by atoms with Crippen molar-refractivity contribution in [2.24, 2.45) is 5.73 Å². The standard InChI is InChI=1S/C12H14N2O/c1-9(13)8-15-11-6-2-4-10-5-3-7-14-12(10)11/h2-7,9H,8,13H2,1H3. The summed E-state index contributed by atoms with van der Waals surface area (Å²) in [6.45, 7) is 2.42. The molecule has 3 heteroatoms. The van der Waals surface area contributed by atoms with E-state index in [1.165, 1.54) is 0 Å². The minimum absolute atomic E-state index is 0.0315. The van der Waals surface area contributed by atoms with E-state index in [2.05, 4.69) is 4.98 Å². The third-order valence-electron chi connectivity index (χ3n) is 2.10. The normalized spacial score (nSPS) is 12.7. The van der Waals surface area contributed by atoms with Gasteiger partial charge in [-0.05, 0) is 19.1 Å². The first kappa shape index (κ1) is 9.93. The number of aromatic nitrogens is 1. The van der Waals surface area contributed by atoms with Crippen molar-refractivity contribution in [3.63, 3.8) is 0 Å². The second-order valence-corrected chi connectivity index (χ2v) is 3.62. The Morgan fingerprint density at radius 3 is 2.93 bits per heavy atom. The molecule has 1 heterocycles. The number of ether oxygens (including phenoxy) is 1. The van der Waals surface area contributed by atoms with Crippen LogP contribution in [-0.2, 0) is 0 Å². The van der Waals surface area contributed by atoms with Gasteiger partial charge in [-0.1, -0.05) is 18.2 Å². The lowest BCUT2D eigenvalue weighted by molar-refractivity contribution is 0.299. The summed E-state index contributed by atoms with van der Waals surface area (Å²) in [5, 5.41) is 1.08. The molecule has 1 aromatic carbocycles. The van der Waals surface area contributed by atoms with Crippen LogP contribution in [0, 0.1) is 0 Å². The SMILES string of the molecule is CC(N)COc1cccc2cccnc12. The zero-order chi connectivity index (χ0) is 10.7. The Labute approximate surface area is 88.9 Å². The van der Waals surface area contributed by atoms with Crippen molar-refractivity contribution >= 4 is 10.9 Å². The van der Waals surface area contributed by atoms with Gasteiger partial charge in [-0.25, -0.2) is 0 Å². The second-order valence-electron chi connectivity index (χ2n) is 3.62. The fourth-order valence-electron chi connectivity index (χ4n) is 1.41. The van der Waals surface area contributed by atoms with Gasteiger partial charge in [0.05, 0.1) is 0 Å². The number of fused-ring (bicyclic) bond motifs is 1. The molecular weight excluding hydrogens is 188 g/mol. The average molecular weight is 202 g/mol. The van der Waals surface area contributed by atoms with Gasteiger partial charge in [-0.2, -0.15) is 0 Å². The minimum atomic E-state index is 0.0315. The van der Waals surface area contributed by atoms with Crippen molar-refractivity contribution in [1.29, 1.82) is 0 Å². The summed E-state index contributed by atoms with van der Waals surface area (Å²) in [5.41, 5.74) is 6.53. The van der Waals surface area contributed by atoms with E-state index in [1.54, 1.807) is 6.20 Å². The molecule has 0 saturated carbocycles. The van der Waals surface area contributed by atoms with Gasteiger partial charge in [0, 0.05) is 17.6 Å². The minimum Gasteiger partial charge on any atom is -0.490 e. The van der Waals surface area contributed by atoms with Crippen LogP contribution < -0.4 is 10.5 Å². The molecule has 0 amide bonds. The van der Waals surface area contributed by atoms with Crippen LogP contribution in [0.25, 0.3) is 10.9 Å². The average Bonchev–Trinajstić information content (AvgIpc) is 2.26. The van der Waals surface area contributed by atoms with Crippen LogP contribution in [0.4, 0.5) is 0 Å². The molecule has 2 aromatic rings. The van der Waals surface area contributed by atoms with Crippen molar-refractivity contribution in [2.75, 3.05) is 6.61 Å². The Morgan fingerprint density at radius 2 is 2.13 bits per heavy atom. The Kier molecular flexibility index (Phi) is 2.83. The predicted molar refractivity (Wildman–Crippen MR) is 60.9 cm³/mol. The van der Waals surface area contributed by atoms with Crippen LogP contribution in [0.5, 0.6) is 5.75 Å². The first-order valence-electron chi connectivity index (χ1n) is 4.99. The Hall–Kier alpha value is -1.61. The van der Waals surface area contributed by atoms with E-state index >= 15 is 0 Å². The molecule has 0 saturated heterocycles. The van der Waals surface area contributed by atoms with Crippen LogP contribution in [-0.4, -0.2) is 17.6 Å². The summed E-state index contributed by atoms with van der Waals surface area (Å²) in [6.07, 6.45) is 1.76. The topological polar surface area (TPSA) is 48.1 Å². The molecule has 0 fully saturated rings. The summed E-state index contributed by atoms with van der Waals surface area (Å²) < 4.78 is 5.59. The number of para-hydroxylation sites is 1. The number of nitrogens with two attached hydrogens (primary N) is 1. The van der Waals surface area contributed by atoms with Crippen LogP contribution in [0.2, 0.25) is 0 Å². The highest BCUT2D eigenvalue weighted by molar-refractivity contribution is 5.84. The molecule has 0 spiro atoms. The van der Waals surface area contributed by atoms with Crippen molar-refractivity contribution < 1.29 is 4.74 Å². The first-order valence-corrected chi connectivity index (χ1v) is 4.99. The maximum atomic E-state index is 5.64. The third kappa shape index (κ3) is 2.25. The molecule has 78 valence electrons. The van der Waals surface area contributed by atoms with Gasteiger partial charge in [0.1, 0.15) is 17.9 Å². The summed E-state index contributed by atoms with van der Waals surface area (Å²) >= 11 is 0. The van der Waals surface area contributed by atoms with Gasteiger partial charge < -0.3 is 10.5 Å². The summed E-state index contributed by atoms with van der Waals surface area (Å²) in [4.78, 5) is 4.29. The molecule has 1 unspecified atom stereocenters. The van der Waals surface area contributed by atoms with Gasteiger partial charge in [0.25, 0.3) is 0 Å². The molecule has 0 aliphatic heterocycles. The predicted octanol–water partition coefficient (Wildman–Crippen LogP) is 1.96. The Balaban J connectivity index is 2.34. The maximum Gasteiger partial charge on any atom is 0.145 e. The fourth-order valence-corrected chi connectivity index (χ4v) is 1.41. The van der Waals surface area contributed by atoms with Crippen molar-refractivity contribution in [1.82, 2.24) is 4.98 Å². The number of pyridine rings is 1. The number of hydrogen-bond donors (Lipinski definition) is 1. The smallest absolute Gasteiger partial charge is 0.145 e. The summed E-state index contributed by atoms with van der Waals surface area (Å²) in [7, 11) is 0. The summed E-state index contributed by atoms with van der Waals surface area (Å²) in [6, 6.07) is 9.85. The third-order valence-corrected chi connectivity index (χ3v) is 2.10. The number of hydrogen-bond acceptors (Lipinski definition) is 3. The van der Waals surface area contributed by atoms with E-state index in [1.807, 2.05) is 37.3 Å². The monoisotopic (exact) mass is 202 g/mol. The zero-order valence-corrected chi connectivity index (χ0v) is 8.68. The van der Waals surface area contributed by atoms with Crippen LogP contribution in [0.1, 0.15) is 6.92 Å². The van der Waals surface area contributed by atoms with Crippen LogP contribution >= 0.6 is 0 Å². The van der Waals surface area contributed by atoms with Gasteiger partial charge >= 0.3 is 0 Å². The highest BCUT2D eigenvalue weighted by Gasteiger charge is 2.03. The Morgan fingerprint density at radius 1 is 1.33 bits per heavy atom. The second kappa shape index (κ2) is 4.28. The first-order chi connectivity index (χ1) is 7.27. The lowest BCUT2D eigenvalue weighted by Crippen LogP contribution is -2.23. The molecule has 2 N–H and O–H groups in total. The molecule has 0 aliphatic rings. The van der Waals surface area contributed by atoms with E-state index in [9.17, 15) is 0 Å². The largest absolute Gasteiger partial charge is 0.490 e. The molecule has 3 nitrogen and oxygen atoms in total. The molecular formula is C12H14N2O. The van der Waals surface area contributed by atoms with E-state index in [0.29, 0.717) is 6.61 Å². The lowest BCUT2D eigenvalue weighted by Gasteiger charge is -2.10. The van der Waals surface area contributed by atoms with E-state index < -0.39 is 0 Å². The molecule has 0 aliphatic carbocycles. The summed E-state index contributed by atoms with van der Waals surface area (Å²) in [5.74, 6) is 0.797. The van der Waals surface area contributed by atoms with Gasteiger partial charge in [-0.15, -0.1) is 0 Å². The number of rotatable bonds is 3. The lowest BCUT2D eigenvalue weighted by atomic mass is 10.2. The fraction of sp³-hybridized carbons (Fsp3) is 0.250. The zero-order valence-electron chi connectivity index (χ0n) is 8.68. The van der Waals surface area contributed by atoms with E-state index in [-0.39, 0.29) is 6.04 Å². The van der Waals surface area contributed by atoms with Gasteiger partial charge in [0.15, 0.2) is 0 Å². The Bertz CT molecular complexity index is 449. The van der Waals surface area contributed by atoms with Crippen molar-refractivity contribution in [3.8, 4) is 5.75 Å². The van der Waals surface area contributed by atoms with E-state index in [4.69, 9.17) is 10.5 Å². The van der Waals surface area contributed by atoms with Crippen molar-refractivity contribution in [2.45, 2.75) is 13.0 Å². The van der Waals surface area contributed by atoms with E-state index in [0.717, 1.165) is 16.7 Å². The van der Waals surface area contributed by atoms with Gasteiger partial charge in [0.2, 0.25) is 0 Å². The number of benzene rings is 1. The maximum absolute atomic E-state index is 5.64. The van der Waals surface area contributed by atoms with Crippen LogP contribution in [0.3, 0.4) is 0 Å². The molecule has 1 atom stereocenters. The number of nitrogens with zero attached hydrogens (tertiary/aromatic N) is 1. The van der Waals surface area contributed by atoms with Crippen molar-refractivity contribution in [3.05, 3.63) is 36.5 Å². The molecule has 0 bridgehead atoms.